The summed E-state index contributed by atoms with van der Waals surface area (Å²) >= 11 is 0. The van der Waals surface area contributed by atoms with Gasteiger partial charge in [0.1, 0.15) is 0 Å². The summed E-state index contributed by atoms with van der Waals surface area (Å²) in [5, 5.41) is 8.20. The van der Waals surface area contributed by atoms with E-state index < -0.39 is 6.10 Å². The van der Waals surface area contributed by atoms with E-state index in [1.807, 2.05) is 37.3 Å². The largest absolute Gasteiger partial charge is 0.452 e. The summed E-state index contributed by atoms with van der Waals surface area (Å²) in [5.41, 5.74) is 0.608. The molecule has 0 N–H and O–H groups in total. The van der Waals surface area contributed by atoms with Crippen molar-refractivity contribution in [3.63, 3.8) is 0 Å². The van der Waals surface area contributed by atoms with E-state index in [1.165, 1.54) is 19.3 Å². The van der Waals surface area contributed by atoms with Crippen molar-refractivity contribution in [2.75, 3.05) is 0 Å². The summed E-state index contributed by atoms with van der Waals surface area (Å²) < 4.78 is 11.6. The molecule has 4 bridgehead atoms. The molecule has 0 spiro atoms. The Labute approximate surface area is 153 Å². The summed E-state index contributed by atoms with van der Waals surface area (Å²) in [6.07, 6.45) is 6.43. The highest BCUT2D eigenvalue weighted by molar-refractivity contribution is 5.77. The molecular formula is C21H24N2O3. The van der Waals surface area contributed by atoms with Crippen LogP contribution in [0.15, 0.2) is 34.7 Å². The first-order valence-corrected chi connectivity index (χ1v) is 9.71. The zero-order valence-electron chi connectivity index (χ0n) is 15.1. The van der Waals surface area contributed by atoms with Gasteiger partial charge in [-0.2, -0.15) is 0 Å². The lowest BCUT2D eigenvalue weighted by Crippen LogP contribution is -2.50. The first kappa shape index (κ1) is 16.0. The number of carbonyl (C=O) groups is 1. The molecule has 5 nitrogen and oxygen atoms in total. The molecular weight excluding hydrogens is 328 g/mol. The molecule has 0 radical (unpaired) electrons. The fourth-order valence-corrected chi connectivity index (χ4v) is 5.79. The van der Waals surface area contributed by atoms with Gasteiger partial charge in [-0.05, 0) is 75.3 Å². The number of esters is 1. The van der Waals surface area contributed by atoms with Crippen LogP contribution in [0.1, 0.15) is 57.4 Å². The normalized spacial score (nSPS) is 33.2. The van der Waals surface area contributed by atoms with Crippen LogP contribution < -0.4 is 0 Å². The average Bonchev–Trinajstić information content (AvgIpc) is 3.11. The van der Waals surface area contributed by atoms with Gasteiger partial charge in [-0.15, -0.1) is 10.2 Å². The molecule has 0 saturated heterocycles. The van der Waals surface area contributed by atoms with Crippen LogP contribution in [0, 0.1) is 23.2 Å². The van der Waals surface area contributed by atoms with Crippen molar-refractivity contribution in [1.29, 1.82) is 0 Å². The van der Waals surface area contributed by atoms with Crippen molar-refractivity contribution in [3.8, 4) is 11.5 Å². The van der Waals surface area contributed by atoms with E-state index in [0.29, 0.717) is 11.8 Å². The van der Waals surface area contributed by atoms with Crippen LogP contribution in [-0.2, 0) is 9.53 Å². The van der Waals surface area contributed by atoms with Gasteiger partial charge >= 0.3 is 5.97 Å². The number of carbonyl (C=O) groups excluding carboxylic acids is 1. The van der Waals surface area contributed by atoms with Crippen molar-refractivity contribution in [3.05, 3.63) is 36.2 Å². The van der Waals surface area contributed by atoms with Crippen LogP contribution in [0.3, 0.4) is 0 Å². The maximum Gasteiger partial charge on any atom is 0.312 e. The SMILES string of the molecule is C[C@@H](OC(=O)C12CC3CC(CC(C3)C1)C2)c1nnc(-c2ccccc2)o1. The van der Waals surface area contributed by atoms with Gasteiger partial charge in [0.2, 0.25) is 5.89 Å². The molecule has 1 aromatic carbocycles. The van der Waals surface area contributed by atoms with E-state index in [0.717, 1.165) is 42.6 Å². The molecule has 4 aliphatic carbocycles. The molecule has 4 fully saturated rings. The minimum atomic E-state index is -0.513. The molecule has 5 heteroatoms. The molecule has 4 saturated carbocycles. The Bertz CT molecular complexity index is 778. The molecule has 0 aliphatic heterocycles. The van der Waals surface area contributed by atoms with Gasteiger partial charge in [-0.25, -0.2) is 0 Å². The highest BCUT2D eigenvalue weighted by atomic mass is 16.6. The Morgan fingerprint density at radius 1 is 1.08 bits per heavy atom. The number of nitrogens with zero attached hydrogens (tertiary/aromatic N) is 2. The number of hydrogen-bond donors (Lipinski definition) is 0. The van der Waals surface area contributed by atoms with Gasteiger partial charge in [0.15, 0.2) is 6.10 Å². The first-order chi connectivity index (χ1) is 12.6. The van der Waals surface area contributed by atoms with Crippen LogP contribution in [0.4, 0.5) is 0 Å². The molecule has 136 valence electrons. The van der Waals surface area contributed by atoms with Crippen LogP contribution >= 0.6 is 0 Å². The summed E-state index contributed by atoms with van der Waals surface area (Å²) in [4.78, 5) is 13.0. The lowest BCUT2D eigenvalue weighted by Gasteiger charge is -2.55. The zero-order chi connectivity index (χ0) is 17.7. The van der Waals surface area contributed by atoms with E-state index in [2.05, 4.69) is 10.2 Å². The quantitative estimate of drug-likeness (QED) is 0.755. The van der Waals surface area contributed by atoms with E-state index in [9.17, 15) is 4.79 Å². The standard InChI is InChI=1S/C21H24N2O3/c1-13(18-22-23-19(26-18)17-5-3-2-4-6-17)25-20(24)21-10-14-7-15(11-21)9-16(8-14)12-21/h2-6,13-16H,7-12H2,1H3/t13-,14?,15?,16?,21?/m1/s1. The summed E-state index contributed by atoms with van der Waals surface area (Å²) in [6.45, 7) is 1.82. The molecule has 1 atom stereocenters. The third kappa shape index (κ3) is 2.65. The predicted molar refractivity (Wildman–Crippen MR) is 94.8 cm³/mol. The third-order valence-corrected chi connectivity index (χ3v) is 6.56. The average molecular weight is 352 g/mol. The van der Waals surface area contributed by atoms with Crippen molar-refractivity contribution >= 4 is 5.97 Å². The predicted octanol–water partition coefficient (Wildman–Crippen LogP) is 4.56. The van der Waals surface area contributed by atoms with E-state index in [1.54, 1.807) is 0 Å². The minimum absolute atomic E-state index is 0.0523. The molecule has 0 unspecified atom stereocenters. The maximum atomic E-state index is 13.0. The Balaban J connectivity index is 1.31. The second kappa shape index (κ2) is 5.93. The maximum absolute atomic E-state index is 13.0. The second-order valence-electron chi connectivity index (χ2n) is 8.56. The number of benzene rings is 1. The van der Waals surface area contributed by atoms with E-state index in [-0.39, 0.29) is 11.4 Å². The number of ether oxygens (including phenoxy) is 1. The van der Waals surface area contributed by atoms with Crippen LogP contribution in [0.25, 0.3) is 11.5 Å². The Kier molecular flexibility index (Phi) is 3.66. The lowest BCUT2D eigenvalue weighted by atomic mass is 9.49. The van der Waals surface area contributed by atoms with Gasteiger partial charge in [-0.1, -0.05) is 18.2 Å². The third-order valence-electron chi connectivity index (χ3n) is 6.56. The van der Waals surface area contributed by atoms with Gasteiger partial charge in [0, 0.05) is 5.56 Å². The van der Waals surface area contributed by atoms with Crippen molar-refractivity contribution in [2.24, 2.45) is 23.2 Å². The Morgan fingerprint density at radius 2 is 1.69 bits per heavy atom. The molecule has 0 amide bonds. The first-order valence-electron chi connectivity index (χ1n) is 9.71. The molecule has 1 aromatic heterocycles. The fourth-order valence-electron chi connectivity index (χ4n) is 5.79. The summed E-state index contributed by atoms with van der Waals surface area (Å²) in [6, 6.07) is 9.63. The van der Waals surface area contributed by atoms with E-state index >= 15 is 0 Å². The molecule has 6 rings (SSSR count). The number of aromatic nitrogens is 2. The topological polar surface area (TPSA) is 65.2 Å². The van der Waals surface area contributed by atoms with Crippen molar-refractivity contribution in [1.82, 2.24) is 10.2 Å². The van der Waals surface area contributed by atoms with Crippen molar-refractivity contribution in [2.45, 2.75) is 51.6 Å². The smallest absolute Gasteiger partial charge is 0.312 e. The highest BCUT2D eigenvalue weighted by Gasteiger charge is 2.55. The monoisotopic (exact) mass is 352 g/mol. The molecule has 1 heterocycles. The lowest BCUT2D eigenvalue weighted by molar-refractivity contribution is -0.177. The highest BCUT2D eigenvalue weighted by Crippen LogP contribution is 2.60. The molecule has 26 heavy (non-hydrogen) atoms. The van der Waals surface area contributed by atoms with Gasteiger partial charge in [0.25, 0.3) is 5.89 Å². The van der Waals surface area contributed by atoms with Gasteiger partial charge in [0.05, 0.1) is 5.41 Å². The molecule has 4 aliphatic rings. The van der Waals surface area contributed by atoms with Gasteiger partial charge < -0.3 is 9.15 Å². The van der Waals surface area contributed by atoms with E-state index in [4.69, 9.17) is 9.15 Å². The minimum Gasteiger partial charge on any atom is -0.452 e. The van der Waals surface area contributed by atoms with Crippen molar-refractivity contribution < 1.29 is 13.9 Å². The fraction of sp³-hybridized carbons (Fsp3) is 0.571. The second-order valence-corrected chi connectivity index (χ2v) is 8.56. The summed E-state index contributed by atoms with van der Waals surface area (Å²) in [7, 11) is 0. The Hall–Kier alpha value is -2.17. The van der Waals surface area contributed by atoms with Crippen LogP contribution in [0.5, 0.6) is 0 Å². The zero-order valence-corrected chi connectivity index (χ0v) is 15.1. The van der Waals surface area contributed by atoms with Crippen LogP contribution in [-0.4, -0.2) is 16.2 Å². The number of rotatable bonds is 4. The van der Waals surface area contributed by atoms with Gasteiger partial charge in [-0.3, -0.25) is 4.79 Å². The van der Waals surface area contributed by atoms with Crippen LogP contribution in [0.2, 0.25) is 0 Å². The molecule has 2 aromatic rings. The summed E-state index contributed by atoms with van der Waals surface area (Å²) in [5.74, 6) is 2.93. The number of hydrogen-bond acceptors (Lipinski definition) is 5. The Morgan fingerprint density at radius 3 is 2.31 bits per heavy atom.